The van der Waals surface area contributed by atoms with E-state index in [1.165, 1.54) is 93.2 Å². The van der Waals surface area contributed by atoms with Crippen LogP contribution in [0.2, 0.25) is 0 Å². The summed E-state index contributed by atoms with van der Waals surface area (Å²) in [6.45, 7) is 0.849. The van der Waals surface area contributed by atoms with Crippen LogP contribution in [-0.4, -0.2) is 11.1 Å². The van der Waals surface area contributed by atoms with Crippen molar-refractivity contribution in [2.75, 3.05) is 6.54 Å². The van der Waals surface area contributed by atoms with Crippen LogP contribution in [0.25, 0.3) is 87.6 Å². The van der Waals surface area contributed by atoms with Gasteiger partial charge in [-0.3, -0.25) is 0 Å². The number of nitrogens with one attached hydrogen (secondary N) is 1. The van der Waals surface area contributed by atoms with Crippen LogP contribution in [-0.2, 0) is 0 Å². The molecule has 1 N–H and O–H groups in total. The average Bonchev–Trinajstić information content (AvgIpc) is 3.52. The summed E-state index contributed by atoms with van der Waals surface area (Å²) in [5.74, 6) is 0. The number of dihydropyridines is 1. The fourth-order valence-corrected chi connectivity index (χ4v) is 7.84. The summed E-state index contributed by atoms with van der Waals surface area (Å²) in [5, 5.41) is 13.5. The standard InChI is InChI=1S/C47H32N2/c1-2-9-38(10-3-1)49-46-30-35(32-24-26-48-27-25-32)19-22-43(46)44-23-20-37-28-34(18-21-40(37)47(44)49)31-14-16-33(17-15-31)45-29-36-8-4-5-11-39(36)41-12-6-7-13-42(41)45/h1-26,28-30,48H,27H2. The number of benzene rings is 8. The van der Waals surface area contributed by atoms with Crippen molar-refractivity contribution in [3.63, 3.8) is 0 Å². The van der Waals surface area contributed by atoms with Gasteiger partial charge in [-0.1, -0.05) is 133 Å². The number of rotatable bonds is 4. The molecule has 0 saturated heterocycles. The van der Waals surface area contributed by atoms with Crippen molar-refractivity contribution in [3.05, 3.63) is 182 Å². The molecule has 49 heavy (non-hydrogen) atoms. The van der Waals surface area contributed by atoms with Gasteiger partial charge in [-0.25, -0.2) is 0 Å². The van der Waals surface area contributed by atoms with E-state index in [4.69, 9.17) is 0 Å². The van der Waals surface area contributed by atoms with Gasteiger partial charge in [-0.15, -0.1) is 0 Å². The predicted molar refractivity (Wildman–Crippen MR) is 209 cm³/mol. The Morgan fingerprint density at radius 1 is 0.449 bits per heavy atom. The summed E-state index contributed by atoms with van der Waals surface area (Å²) in [6, 6.07) is 58.1. The highest BCUT2D eigenvalue weighted by Crippen LogP contribution is 2.40. The SMILES string of the molecule is C1=CC(c2ccc3c4ccc5cc(-c6ccc(-c7cc8ccccc8c8ccccc78)cc6)ccc5c4n(-c4ccccc4)c3c2)=CCN1. The topological polar surface area (TPSA) is 17.0 Å². The maximum Gasteiger partial charge on any atom is 0.0619 e. The van der Waals surface area contributed by atoms with Crippen molar-refractivity contribution in [1.29, 1.82) is 0 Å². The Kier molecular flexibility index (Phi) is 6.28. The molecular weight excluding hydrogens is 593 g/mol. The zero-order valence-electron chi connectivity index (χ0n) is 26.9. The molecule has 9 aromatic rings. The average molecular weight is 625 g/mol. The van der Waals surface area contributed by atoms with E-state index in [0.717, 1.165) is 6.54 Å². The zero-order chi connectivity index (χ0) is 32.3. The molecule has 0 unspecified atom stereocenters. The molecule has 2 nitrogen and oxygen atoms in total. The number of para-hydroxylation sites is 1. The number of hydrogen-bond donors (Lipinski definition) is 1. The molecule has 0 amide bonds. The van der Waals surface area contributed by atoms with Gasteiger partial charge in [0.25, 0.3) is 0 Å². The first-order chi connectivity index (χ1) is 24.3. The lowest BCUT2D eigenvalue weighted by Crippen LogP contribution is -2.08. The summed E-state index contributed by atoms with van der Waals surface area (Å²) in [4.78, 5) is 0. The zero-order valence-corrected chi connectivity index (χ0v) is 26.9. The van der Waals surface area contributed by atoms with Gasteiger partial charge in [-0.2, -0.15) is 0 Å². The molecule has 1 aliphatic heterocycles. The smallest absolute Gasteiger partial charge is 0.0619 e. The highest BCUT2D eigenvalue weighted by molar-refractivity contribution is 6.19. The number of nitrogens with zero attached hydrogens (tertiary/aromatic N) is 1. The van der Waals surface area contributed by atoms with E-state index in [9.17, 15) is 0 Å². The van der Waals surface area contributed by atoms with E-state index in [-0.39, 0.29) is 0 Å². The van der Waals surface area contributed by atoms with Crippen molar-refractivity contribution < 1.29 is 0 Å². The Bertz CT molecular complexity index is 2800. The van der Waals surface area contributed by atoms with E-state index in [0.29, 0.717) is 0 Å². The highest BCUT2D eigenvalue weighted by atomic mass is 15.0. The van der Waals surface area contributed by atoms with Gasteiger partial charge in [0.05, 0.1) is 11.0 Å². The van der Waals surface area contributed by atoms with Crippen LogP contribution in [0.15, 0.2) is 176 Å². The monoisotopic (exact) mass is 624 g/mol. The normalized spacial score (nSPS) is 13.0. The Morgan fingerprint density at radius 3 is 1.96 bits per heavy atom. The molecule has 0 aliphatic carbocycles. The number of aromatic nitrogens is 1. The minimum atomic E-state index is 0.849. The maximum absolute atomic E-state index is 3.28. The van der Waals surface area contributed by atoms with E-state index >= 15 is 0 Å². The van der Waals surface area contributed by atoms with Crippen molar-refractivity contribution in [1.82, 2.24) is 9.88 Å². The molecule has 230 valence electrons. The largest absolute Gasteiger partial charge is 0.387 e. The lowest BCUT2D eigenvalue weighted by atomic mass is 9.92. The molecular formula is C47H32N2. The summed E-state index contributed by atoms with van der Waals surface area (Å²) in [6.07, 6.45) is 6.45. The van der Waals surface area contributed by atoms with Crippen LogP contribution >= 0.6 is 0 Å². The Morgan fingerprint density at radius 2 is 1.12 bits per heavy atom. The van der Waals surface area contributed by atoms with E-state index in [1.807, 2.05) is 6.20 Å². The van der Waals surface area contributed by atoms with Gasteiger partial charge in [0.2, 0.25) is 0 Å². The number of allylic oxidation sites excluding steroid dienone is 2. The second-order valence-corrected chi connectivity index (χ2v) is 13.0. The van der Waals surface area contributed by atoms with Crippen LogP contribution in [0.5, 0.6) is 0 Å². The van der Waals surface area contributed by atoms with Gasteiger partial charge >= 0.3 is 0 Å². The molecule has 2 heteroatoms. The summed E-state index contributed by atoms with van der Waals surface area (Å²) >= 11 is 0. The molecule has 1 aromatic heterocycles. The summed E-state index contributed by atoms with van der Waals surface area (Å²) in [7, 11) is 0. The first-order valence-corrected chi connectivity index (χ1v) is 17.0. The fraction of sp³-hybridized carbons (Fsp3) is 0.0213. The fourth-order valence-electron chi connectivity index (χ4n) is 7.84. The van der Waals surface area contributed by atoms with Gasteiger partial charge in [0, 0.05) is 28.4 Å². The Balaban J connectivity index is 1.11. The van der Waals surface area contributed by atoms with Gasteiger partial charge < -0.3 is 9.88 Å². The van der Waals surface area contributed by atoms with Crippen LogP contribution in [0.3, 0.4) is 0 Å². The first kappa shape index (κ1) is 27.7. The van der Waals surface area contributed by atoms with E-state index in [2.05, 4.69) is 180 Å². The Hall–Kier alpha value is -6.38. The van der Waals surface area contributed by atoms with Crippen molar-refractivity contribution in [2.45, 2.75) is 0 Å². The second kappa shape index (κ2) is 11.1. The van der Waals surface area contributed by atoms with Crippen molar-refractivity contribution >= 4 is 59.7 Å². The van der Waals surface area contributed by atoms with Crippen LogP contribution in [0.4, 0.5) is 0 Å². The third kappa shape index (κ3) is 4.49. The van der Waals surface area contributed by atoms with Crippen LogP contribution in [0.1, 0.15) is 5.56 Å². The number of fused-ring (bicyclic) bond motifs is 8. The second-order valence-electron chi connectivity index (χ2n) is 13.0. The van der Waals surface area contributed by atoms with E-state index in [1.54, 1.807) is 0 Å². The van der Waals surface area contributed by atoms with Crippen molar-refractivity contribution in [2.24, 2.45) is 0 Å². The summed E-state index contributed by atoms with van der Waals surface area (Å²) < 4.78 is 2.45. The molecule has 0 atom stereocenters. The molecule has 8 aromatic carbocycles. The molecule has 1 aliphatic rings. The molecule has 0 spiro atoms. The van der Waals surface area contributed by atoms with Crippen molar-refractivity contribution in [3.8, 4) is 27.9 Å². The minimum absolute atomic E-state index is 0.849. The highest BCUT2D eigenvalue weighted by Gasteiger charge is 2.17. The van der Waals surface area contributed by atoms with Gasteiger partial charge in [0.15, 0.2) is 0 Å². The third-order valence-electron chi connectivity index (χ3n) is 10.2. The first-order valence-electron chi connectivity index (χ1n) is 17.0. The molecule has 0 saturated carbocycles. The lowest BCUT2D eigenvalue weighted by molar-refractivity contribution is 0.976. The molecule has 0 radical (unpaired) electrons. The number of hydrogen-bond acceptors (Lipinski definition) is 1. The quantitative estimate of drug-likeness (QED) is 0.193. The third-order valence-corrected chi connectivity index (χ3v) is 10.2. The molecule has 0 fully saturated rings. The van der Waals surface area contributed by atoms with Gasteiger partial charge in [0.1, 0.15) is 0 Å². The lowest BCUT2D eigenvalue weighted by Gasteiger charge is -2.13. The predicted octanol–water partition coefficient (Wildman–Crippen LogP) is 12.1. The molecule has 0 bridgehead atoms. The van der Waals surface area contributed by atoms with Crippen LogP contribution < -0.4 is 5.32 Å². The van der Waals surface area contributed by atoms with Gasteiger partial charge in [-0.05, 0) is 103 Å². The van der Waals surface area contributed by atoms with Crippen LogP contribution in [0, 0.1) is 0 Å². The maximum atomic E-state index is 3.28. The molecule has 10 rings (SSSR count). The Labute approximate surface area is 284 Å². The minimum Gasteiger partial charge on any atom is -0.387 e. The molecule has 2 heterocycles. The van der Waals surface area contributed by atoms with E-state index < -0.39 is 0 Å². The summed E-state index contributed by atoms with van der Waals surface area (Å²) in [5.41, 5.74) is 11.1.